The molecule has 2 aromatic rings. The first-order chi connectivity index (χ1) is 11.5. The number of esters is 1. The lowest BCUT2D eigenvalue weighted by molar-refractivity contribution is -0.115. The summed E-state index contributed by atoms with van der Waals surface area (Å²) < 4.78 is 4.66. The number of para-hydroxylation sites is 1. The van der Waals surface area contributed by atoms with Crippen LogP contribution in [0.15, 0.2) is 42.5 Å². The van der Waals surface area contributed by atoms with Gasteiger partial charge in [-0.15, -0.1) is 0 Å². The van der Waals surface area contributed by atoms with E-state index in [0.29, 0.717) is 22.8 Å². The fourth-order valence-corrected chi connectivity index (χ4v) is 2.33. The van der Waals surface area contributed by atoms with Gasteiger partial charge in [-0.3, -0.25) is 4.79 Å². The van der Waals surface area contributed by atoms with Crippen LogP contribution in [0, 0.1) is 6.92 Å². The van der Waals surface area contributed by atoms with Gasteiger partial charge in [0, 0.05) is 18.7 Å². The minimum Gasteiger partial charge on any atom is -0.465 e. The summed E-state index contributed by atoms with van der Waals surface area (Å²) in [5.41, 5.74) is 2.83. The van der Waals surface area contributed by atoms with E-state index in [0.717, 1.165) is 11.3 Å². The average Bonchev–Trinajstić information content (AvgIpc) is 2.58. The fourth-order valence-electron chi connectivity index (χ4n) is 2.16. The Balaban J connectivity index is 1.92. The van der Waals surface area contributed by atoms with Gasteiger partial charge in [0.05, 0.1) is 23.4 Å². The molecule has 2 rings (SSSR count). The van der Waals surface area contributed by atoms with Gasteiger partial charge in [-0.25, -0.2) is 4.79 Å². The topological polar surface area (TPSA) is 67.4 Å². The minimum absolute atomic E-state index is 0.194. The van der Waals surface area contributed by atoms with Crippen LogP contribution >= 0.6 is 11.6 Å². The van der Waals surface area contributed by atoms with Crippen LogP contribution in [0.2, 0.25) is 5.02 Å². The lowest BCUT2D eigenvalue weighted by Crippen LogP contribution is -2.17. The lowest BCUT2D eigenvalue weighted by atomic mass is 10.2. The highest BCUT2D eigenvalue weighted by Crippen LogP contribution is 2.23. The molecule has 0 spiro atoms. The van der Waals surface area contributed by atoms with E-state index in [1.54, 1.807) is 12.1 Å². The highest BCUT2D eigenvalue weighted by molar-refractivity contribution is 6.33. The number of benzene rings is 2. The summed E-state index contributed by atoms with van der Waals surface area (Å²) in [5.74, 6) is -0.677. The molecule has 0 heterocycles. The number of ether oxygens (including phenoxy) is 1. The number of methoxy groups -OCH3 is 1. The van der Waals surface area contributed by atoms with Gasteiger partial charge in [0.1, 0.15) is 0 Å². The molecule has 0 bridgehead atoms. The molecule has 126 valence electrons. The molecule has 2 N–H and O–H groups in total. The van der Waals surface area contributed by atoms with Crippen molar-refractivity contribution in [1.82, 2.24) is 0 Å². The zero-order valence-electron chi connectivity index (χ0n) is 13.6. The first kappa shape index (κ1) is 17.8. The van der Waals surface area contributed by atoms with Crippen LogP contribution in [0.3, 0.4) is 0 Å². The van der Waals surface area contributed by atoms with E-state index in [-0.39, 0.29) is 12.3 Å². The smallest absolute Gasteiger partial charge is 0.337 e. The minimum atomic E-state index is -0.483. The Morgan fingerprint density at radius 1 is 1.12 bits per heavy atom. The number of anilines is 2. The highest BCUT2D eigenvalue weighted by Gasteiger charge is 2.11. The standard InChI is InChI=1S/C18H19ClN2O3/c1-12-5-3-4-6-15(12)20-10-9-17(22)21-16-11-13(18(23)24-2)7-8-14(16)19/h3-8,11,20H,9-10H2,1-2H3,(H,21,22). The molecule has 5 nitrogen and oxygen atoms in total. The summed E-state index contributed by atoms with van der Waals surface area (Å²) in [6.45, 7) is 2.49. The van der Waals surface area contributed by atoms with Crippen molar-refractivity contribution in [2.24, 2.45) is 0 Å². The van der Waals surface area contributed by atoms with Gasteiger partial charge in [0.25, 0.3) is 0 Å². The second-order valence-electron chi connectivity index (χ2n) is 5.23. The molecule has 6 heteroatoms. The second kappa shape index (κ2) is 8.36. The number of rotatable bonds is 6. The summed E-state index contributed by atoms with van der Waals surface area (Å²) >= 11 is 6.06. The number of carbonyl (C=O) groups excluding carboxylic acids is 2. The Labute approximate surface area is 146 Å². The average molecular weight is 347 g/mol. The Morgan fingerprint density at radius 3 is 2.58 bits per heavy atom. The van der Waals surface area contributed by atoms with Crippen molar-refractivity contribution in [3.8, 4) is 0 Å². The Morgan fingerprint density at radius 2 is 1.88 bits per heavy atom. The molecule has 0 aliphatic rings. The largest absolute Gasteiger partial charge is 0.465 e. The molecular weight excluding hydrogens is 328 g/mol. The molecule has 24 heavy (non-hydrogen) atoms. The maximum Gasteiger partial charge on any atom is 0.337 e. The van der Waals surface area contributed by atoms with Gasteiger partial charge in [-0.05, 0) is 36.8 Å². The van der Waals surface area contributed by atoms with Crippen LogP contribution in [0.4, 0.5) is 11.4 Å². The molecule has 1 amide bonds. The Bertz CT molecular complexity index is 747. The van der Waals surface area contributed by atoms with Gasteiger partial charge in [-0.1, -0.05) is 29.8 Å². The van der Waals surface area contributed by atoms with Crippen molar-refractivity contribution in [2.45, 2.75) is 13.3 Å². The van der Waals surface area contributed by atoms with Crippen LogP contribution in [0.1, 0.15) is 22.3 Å². The van der Waals surface area contributed by atoms with Crippen molar-refractivity contribution < 1.29 is 14.3 Å². The maximum atomic E-state index is 12.1. The number of hydrogen-bond donors (Lipinski definition) is 2. The molecule has 0 saturated carbocycles. The van der Waals surface area contributed by atoms with E-state index < -0.39 is 5.97 Å². The zero-order valence-corrected chi connectivity index (χ0v) is 14.3. The van der Waals surface area contributed by atoms with Crippen molar-refractivity contribution in [2.75, 3.05) is 24.3 Å². The van der Waals surface area contributed by atoms with E-state index >= 15 is 0 Å². The van der Waals surface area contributed by atoms with Crippen LogP contribution in [0.5, 0.6) is 0 Å². The number of nitrogens with one attached hydrogen (secondary N) is 2. The molecule has 0 aliphatic heterocycles. The third kappa shape index (κ3) is 4.73. The van der Waals surface area contributed by atoms with Crippen molar-refractivity contribution in [1.29, 1.82) is 0 Å². The molecular formula is C18H19ClN2O3. The monoisotopic (exact) mass is 346 g/mol. The van der Waals surface area contributed by atoms with Crippen LogP contribution in [-0.4, -0.2) is 25.5 Å². The quantitative estimate of drug-likeness (QED) is 0.779. The summed E-state index contributed by atoms with van der Waals surface area (Å²) in [6, 6.07) is 12.5. The highest BCUT2D eigenvalue weighted by atomic mass is 35.5. The van der Waals surface area contributed by atoms with Gasteiger partial charge < -0.3 is 15.4 Å². The predicted molar refractivity (Wildman–Crippen MR) is 95.7 cm³/mol. The van der Waals surface area contributed by atoms with Crippen LogP contribution in [-0.2, 0) is 9.53 Å². The van der Waals surface area contributed by atoms with Crippen molar-refractivity contribution in [3.05, 3.63) is 58.6 Å². The predicted octanol–water partition coefficient (Wildman–Crippen LogP) is 3.88. The third-order valence-corrected chi connectivity index (χ3v) is 3.80. The molecule has 0 aromatic heterocycles. The van der Waals surface area contributed by atoms with Crippen molar-refractivity contribution >= 4 is 34.9 Å². The summed E-state index contributed by atoms with van der Waals surface area (Å²) in [4.78, 5) is 23.6. The molecule has 0 radical (unpaired) electrons. The number of carbonyl (C=O) groups is 2. The molecule has 0 unspecified atom stereocenters. The van der Waals surface area contributed by atoms with E-state index in [1.165, 1.54) is 13.2 Å². The normalized spacial score (nSPS) is 10.1. The van der Waals surface area contributed by atoms with Gasteiger partial charge in [0.15, 0.2) is 0 Å². The third-order valence-electron chi connectivity index (χ3n) is 3.47. The fraction of sp³-hybridized carbons (Fsp3) is 0.222. The van der Waals surface area contributed by atoms with Crippen LogP contribution < -0.4 is 10.6 Å². The van der Waals surface area contributed by atoms with E-state index in [9.17, 15) is 9.59 Å². The molecule has 0 saturated heterocycles. The molecule has 0 fully saturated rings. The number of halogens is 1. The van der Waals surface area contributed by atoms with E-state index in [4.69, 9.17) is 11.6 Å². The van der Waals surface area contributed by atoms with E-state index in [2.05, 4.69) is 15.4 Å². The summed E-state index contributed by atoms with van der Waals surface area (Å²) in [6.07, 6.45) is 0.271. The van der Waals surface area contributed by atoms with E-state index in [1.807, 2.05) is 31.2 Å². The zero-order chi connectivity index (χ0) is 17.5. The van der Waals surface area contributed by atoms with Gasteiger partial charge in [0.2, 0.25) is 5.91 Å². The molecule has 2 aromatic carbocycles. The summed E-state index contributed by atoms with van der Waals surface area (Å²) in [5, 5.41) is 6.29. The summed E-state index contributed by atoms with van der Waals surface area (Å²) in [7, 11) is 1.30. The number of aryl methyl sites for hydroxylation is 1. The SMILES string of the molecule is COC(=O)c1ccc(Cl)c(NC(=O)CCNc2ccccc2C)c1. The Hall–Kier alpha value is -2.53. The van der Waals surface area contributed by atoms with Crippen LogP contribution in [0.25, 0.3) is 0 Å². The molecule has 0 atom stereocenters. The lowest BCUT2D eigenvalue weighted by Gasteiger charge is -2.11. The Kier molecular flexibility index (Phi) is 6.21. The number of hydrogen-bond acceptors (Lipinski definition) is 4. The van der Waals surface area contributed by atoms with Crippen molar-refractivity contribution in [3.63, 3.8) is 0 Å². The number of amides is 1. The second-order valence-corrected chi connectivity index (χ2v) is 5.63. The molecule has 0 aliphatic carbocycles. The first-order valence-electron chi connectivity index (χ1n) is 7.48. The maximum absolute atomic E-state index is 12.1. The van der Waals surface area contributed by atoms with Gasteiger partial charge >= 0.3 is 5.97 Å². The van der Waals surface area contributed by atoms with Gasteiger partial charge in [-0.2, -0.15) is 0 Å². The first-order valence-corrected chi connectivity index (χ1v) is 7.86.